The zero-order valence-corrected chi connectivity index (χ0v) is 13.6. The predicted molar refractivity (Wildman–Crippen MR) is 92.6 cm³/mol. The smallest absolute Gasteiger partial charge is 0.258 e. The van der Waals surface area contributed by atoms with Crippen LogP contribution < -0.4 is 9.64 Å². The number of thiazole rings is 1. The Hall–Kier alpha value is -2.40. The van der Waals surface area contributed by atoms with Gasteiger partial charge in [0.15, 0.2) is 0 Å². The van der Waals surface area contributed by atoms with E-state index in [-0.39, 0.29) is 5.91 Å². The molecule has 0 spiro atoms. The van der Waals surface area contributed by atoms with Crippen molar-refractivity contribution < 1.29 is 9.53 Å². The maximum absolute atomic E-state index is 13.0. The number of ether oxygens (including phenoxy) is 1. The maximum atomic E-state index is 13.0. The average Bonchev–Trinajstić information content (AvgIpc) is 3.07. The molecule has 116 valence electrons. The quantitative estimate of drug-likeness (QED) is 0.718. The average molecular weight is 324 g/mol. The van der Waals surface area contributed by atoms with E-state index in [0.29, 0.717) is 5.56 Å². The van der Waals surface area contributed by atoms with E-state index in [9.17, 15) is 4.79 Å². The summed E-state index contributed by atoms with van der Waals surface area (Å²) < 4.78 is 6.34. The van der Waals surface area contributed by atoms with Crippen LogP contribution >= 0.6 is 11.3 Å². The van der Waals surface area contributed by atoms with Crippen molar-refractivity contribution in [3.63, 3.8) is 0 Å². The van der Waals surface area contributed by atoms with E-state index in [1.165, 1.54) is 5.56 Å². The molecule has 1 aromatic heterocycles. The number of aryl methyl sites for hydroxylation is 1. The highest BCUT2D eigenvalue weighted by Gasteiger charge is 2.24. The highest BCUT2D eigenvalue weighted by Crippen LogP contribution is 2.32. The second-order valence-electron chi connectivity index (χ2n) is 5.59. The van der Waals surface area contributed by atoms with Gasteiger partial charge in [-0.25, -0.2) is 4.98 Å². The predicted octanol–water partition coefficient (Wildman–Crippen LogP) is 3.90. The van der Waals surface area contributed by atoms with Crippen molar-refractivity contribution in [2.45, 2.75) is 12.8 Å². The Kier molecular flexibility index (Phi) is 3.50. The Bertz CT molecular complexity index is 888. The van der Waals surface area contributed by atoms with Crippen LogP contribution in [0.15, 0.2) is 41.9 Å². The number of rotatable bonds is 2. The summed E-state index contributed by atoms with van der Waals surface area (Å²) in [6, 6.07) is 11.6. The molecule has 0 aliphatic carbocycles. The summed E-state index contributed by atoms with van der Waals surface area (Å²) in [5, 5.41) is 0. The zero-order valence-electron chi connectivity index (χ0n) is 12.8. The lowest BCUT2D eigenvalue weighted by molar-refractivity contribution is 0.0985. The van der Waals surface area contributed by atoms with Gasteiger partial charge in [-0.2, -0.15) is 0 Å². The lowest BCUT2D eigenvalue weighted by Crippen LogP contribution is -2.35. The monoisotopic (exact) mass is 324 g/mol. The van der Waals surface area contributed by atoms with Crippen molar-refractivity contribution in [1.29, 1.82) is 0 Å². The van der Waals surface area contributed by atoms with Crippen LogP contribution in [0.4, 0.5) is 5.69 Å². The first kappa shape index (κ1) is 14.2. The minimum absolute atomic E-state index is 0.0476. The molecular weight excluding hydrogens is 308 g/mol. The standard InChI is InChI=1S/C18H16N2O2S/c1-22-14-5-7-16-12(9-14)3-2-8-20(16)18(21)13-4-6-15-17(10-13)23-11-19-15/h4-7,9-11H,2-3,8H2,1H3. The first-order valence-corrected chi connectivity index (χ1v) is 8.46. The molecule has 23 heavy (non-hydrogen) atoms. The topological polar surface area (TPSA) is 42.4 Å². The Morgan fingerprint density at radius 2 is 2.17 bits per heavy atom. The summed E-state index contributed by atoms with van der Waals surface area (Å²) >= 11 is 1.56. The third-order valence-electron chi connectivity index (χ3n) is 4.23. The van der Waals surface area contributed by atoms with Gasteiger partial charge in [-0.3, -0.25) is 4.79 Å². The molecule has 0 radical (unpaired) electrons. The highest BCUT2D eigenvalue weighted by atomic mass is 32.1. The Morgan fingerprint density at radius 3 is 3.04 bits per heavy atom. The Morgan fingerprint density at radius 1 is 1.26 bits per heavy atom. The van der Waals surface area contributed by atoms with E-state index in [2.05, 4.69) is 4.98 Å². The van der Waals surface area contributed by atoms with E-state index in [1.54, 1.807) is 24.0 Å². The fourth-order valence-electron chi connectivity index (χ4n) is 3.06. The molecule has 2 heterocycles. The number of amides is 1. The summed E-state index contributed by atoms with van der Waals surface area (Å²) in [4.78, 5) is 19.1. The minimum Gasteiger partial charge on any atom is -0.497 e. The van der Waals surface area contributed by atoms with Gasteiger partial charge >= 0.3 is 0 Å². The van der Waals surface area contributed by atoms with Crippen molar-refractivity contribution in [3.05, 3.63) is 53.0 Å². The van der Waals surface area contributed by atoms with Crippen molar-refractivity contribution in [2.24, 2.45) is 0 Å². The van der Waals surface area contributed by atoms with Gasteiger partial charge in [-0.05, 0) is 54.8 Å². The van der Waals surface area contributed by atoms with Gasteiger partial charge in [0.05, 0.1) is 22.8 Å². The summed E-state index contributed by atoms with van der Waals surface area (Å²) in [5.74, 6) is 0.885. The SMILES string of the molecule is COc1ccc2c(c1)CCCN2C(=O)c1ccc2ncsc2c1. The second kappa shape index (κ2) is 5.66. The van der Waals surface area contributed by atoms with Crippen LogP contribution in [-0.4, -0.2) is 24.5 Å². The van der Waals surface area contributed by atoms with Gasteiger partial charge in [0, 0.05) is 17.8 Å². The zero-order chi connectivity index (χ0) is 15.8. The van der Waals surface area contributed by atoms with Crippen LogP contribution in [0, 0.1) is 0 Å². The number of nitrogens with zero attached hydrogens (tertiary/aromatic N) is 2. The van der Waals surface area contributed by atoms with Gasteiger partial charge in [0.1, 0.15) is 5.75 Å². The van der Waals surface area contributed by atoms with Crippen molar-refractivity contribution >= 4 is 33.1 Å². The largest absolute Gasteiger partial charge is 0.497 e. The lowest BCUT2D eigenvalue weighted by Gasteiger charge is -2.30. The van der Waals surface area contributed by atoms with Gasteiger partial charge in [-0.15, -0.1) is 11.3 Å². The molecular formula is C18H16N2O2S. The number of carbonyl (C=O) groups excluding carboxylic acids is 1. The van der Waals surface area contributed by atoms with Crippen LogP contribution in [-0.2, 0) is 6.42 Å². The molecule has 0 bridgehead atoms. The normalized spacial score (nSPS) is 13.9. The molecule has 1 amide bonds. The molecule has 4 nitrogen and oxygen atoms in total. The van der Waals surface area contributed by atoms with E-state index in [1.807, 2.05) is 41.3 Å². The number of aromatic nitrogens is 1. The Balaban J connectivity index is 1.72. The van der Waals surface area contributed by atoms with Gasteiger partial charge in [0.25, 0.3) is 5.91 Å². The van der Waals surface area contributed by atoms with Crippen LogP contribution in [0.1, 0.15) is 22.3 Å². The first-order chi connectivity index (χ1) is 11.3. The molecule has 0 saturated carbocycles. The van der Waals surface area contributed by atoms with E-state index in [4.69, 9.17) is 4.74 Å². The first-order valence-electron chi connectivity index (χ1n) is 7.58. The molecule has 3 aromatic rings. The number of carbonyl (C=O) groups is 1. The molecule has 2 aromatic carbocycles. The molecule has 0 saturated heterocycles. The summed E-state index contributed by atoms with van der Waals surface area (Å²) in [6.07, 6.45) is 1.94. The summed E-state index contributed by atoms with van der Waals surface area (Å²) in [6.45, 7) is 0.749. The number of benzene rings is 2. The summed E-state index contributed by atoms with van der Waals surface area (Å²) in [5.41, 5.74) is 5.62. The molecule has 1 aliphatic heterocycles. The lowest BCUT2D eigenvalue weighted by atomic mass is 10.0. The minimum atomic E-state index is 0.0476. The van der Waals surface area contributed by atoms with Gasteiger partial charge in [0.2, 0.25) is 0 Å². The van der Waals surface area contributed by atoms with Crippen molar-refractivity contribution in [1.82, 2.24) is 4.98 Å². The number of hydrogen-bond donors (Lipinski definition) is 0. The third-order valence-corrected chi connectivity index (χ3v) is 5.02. The van der Waals surface area contributed by atoms with E-state index in [0.717, 1.165) is 41.0 Å². The number of fused-ring (bicyclic) bond motifs is 2. The highest BCUT2D eigenvalue weighted by molar-refractivity contribution is 7.16. The molecule has 1 aliphatic rings. The van der Waals surface area contributed by atoms with Crippen molar-refractivity contribution in [3.8, 4) is 5.75 Å². The molecule has 0 N–H and O–H groups in total. The van der Waals surface area contributed by atoms with Crippen LogP contribution in [0.25, 0.3) is 10.2 Å². The maximum Gasteiger partial charge on any atom is 0.258 e. The van der Waals surface area contributed by atoms with Crippen LogP contribution in [0.3, 0.4) is 0 Å². The molecule has 0 fully saturated rings. The third kappa shape index (κ3) is 2.47. The van der Waals surface area contributed by atoms with E-state index >= 15 is 0 Å². The van der Waals surface area contributed by atoms with Gasteiger partial charge < -0.3 is 9.64 Å². The van der Waals surface area contributed by atoms with Crippen molar-refractivity contribution in [2.75, 3.05) is 18.6 Å². The fourth-order valence-corrected chi connectivity index (χ4v) is 3.77. The van der Waals surface area contributed by atoms with Gasteiger partial charge in [-0.1, -0.05) is 0 Å². The molecule has 5 heteroatoms. The molecule has 0 atom stereocenters. The fraction of sp³-hybridized carbons (Fsp3) is 0.222. The summed E-state index contributed by atoms with van der Waals surface area (Å²) in [7, 11) is 1.66. The van der Waals surface area contributed by atoms with E-state index < -0.39 is 0 Å². The number of anilines is 1. The van der Waals surface area contributed by atoms with Crippen LogP contribution in [0.2, 0.25) is 0 Å². The second-order valence-corrected chi connectivity index (χ2v) is 6.48. The van der Waals surface area contributed by atoms with Crippen LogP contribution in [0.5, 0.6) is 5.75 Å². The Labute approximate surface area is 138 Å². The number of hydrogen-bond acceptors (Lipinski definition) is 4. The molecule has 0 unspecified atom stereocenters. The molecule has 4 rings (SSSR count). The number of methoxy groups -OCH3 is 1.